The molecule has 11 heteroatoms. The van der Waals surface area contributed by atoms with E-state index in [0.717, 1.165) is 0 Å². The molecule has 1 amide bonds. The van der Waals surface area contributed by atoms with Gasteiger partial charge in [0.05, 0.1) is 17.2 Å². The maximum atomic E-state index is 13.2. The number of sulfonamides is 1. The molecule has 9 nitrogen and oxygen atoms in total. The lowest BCUT2D eigenvalue weighted by atomic mass is 9.75. The molecule has 1 aliphatic carbocycles. The van der Waals surface area contributed by atoms with Crippen LogP contribution in [-0.4, -0.2) is 47.1 Å². The molecule has 0 aromatic heterocycles. The Morgan fingerprint density at radius 1 is 1.13 bits per heavy atom. The first-order valence-corrected chi connectivity index (χ1v) is 10.8. The van der Waals surface area contributed by atoms with Gasteiger partial charge in [0.25, 0.3) is 0 Å². The highest BCUT2D eigenvalue weighted by Gasteiger charge is 2.56. The highest BCUT2D eigenvalue weighted by atomic mass is 32.2. The van der Waals surface area contributed by atoms with Crippen molar-refractivity contribution in [2.75, 3.05) is 6.54 Å². The van der Waals surface area contributed by atoms with E-state index in [4.69, 9.17) is 15.6 Å². The van der Waals surface area contributed by atoms with E-state index >= 15 is 0 Å². The second-order valence-electron chi connectivity index (χ2n) is 7.12. The minimum atomic E-state index is -4.37. The standard InChI is InChI=1S/C20H21FN2O7S/c21-13-1-3-14(4-2-13)30-15-5-7-16(8-6-15)31(28,29)23(12-10-18(24)25)20(27)11-9-17(20)19(22)26/h1-8,17,27H,9-12H2,(H2,22,26)(H,24,25). The van der Waals surface area contributed by atoms with Gasteiger partial charge in [0.2, 0.25) is 15.9 Å². The van der Waals surface area contributed by atoms with Gasteiger partial charge in [-0.25, -0.2) is 12.8 Å². The van der Waals surface area contributed by atoms with E-state index in [2.05, 4.69) is 0 Å². The topological polar surface area (TPSA) is 147 Å². The van der Waals surface area contributed by atoms with Crippen LogP contribution in [-0.2, 0) is 19.6 Å². The summed E-state index contributed by atoms with van der Waals surface area (Å²) in [6, 6.07) is 10.4. The van der Waals surface area contributed by atoms with Gasteiger partial charge in [-0.1, -0.05) is 0 Å². The number of primary amides is 1. The number of nitrogens with zero attached hydrogens (tertiary/aromatic N) is 1. The third kappa shape index (κ3) is 4.68. The molecule has 2 aromatic carbocycles. The lowest BCUT2D eigenvalue weighted by molar-refractivity contribution is -0.180. The number of carboxylic acids is 1. The Balaban J connectivity index is 1.87. The highest BCUT2D eigenvalue weighted by Crippen LogP contribution is 2.44. The molecular weight excluding hydrogens is 431 g/mol. The Morgan fingerprint density at radius 3 is 2.13 bits per heavy atom. The second kappa shape index (κ2) is 8.61. The zero-order valence-electron chi connectivity index (χ0n) is 16.3. The van der Waals surface area contributed by atoms with Crippen molar-refractivity contribution in [2.45, 2.75) is 29.9 Å². The number of aliphatic carboxylic acids is 1. The summed E-state index contributed by atoms with van der Waals surface area (Å²) in [6.45, 7) is -0.536. The van der Waals surface area contributed by atoms with Crippen molar-refractivity contribution >= 4 is 21.9 Å². The summed E-state index contributed by atoms with van der Waals surface area (Å²) in [6.07, 6.45) is -0.431. The van der Waals surface area contributed by atoms with Crippen molar-refractivity contribution in [3.05, 3.63) is 54.3 Å². The number of hydrogen-bond donors (Lipinski definition) is 3. The molecule has 2 atom stereocenters. The third-order valence-corrected chi connectivity index (χ3v) is 7.07. The van der Waals surface area contributed by atoms with E-state index in [9.17, 15) is 27.5 Å². The first-order valence-electron chi connectivity index (χ1n) is 9.34. The lowest BCUT2D eigenvalue weighted by Crippen LogP contribution is -2.65. The van der Waals surface area contributed by atoms with Gasteiger partial charge in [0.1, 0.15) is 23.0 Å². The Hall–Kier alpha value is -3.02. The predicted octanol–water partition coefficient (Wildman–Crippen LogP) is 1.67. The number of aliphatic hydroxyl groups is 1. The zero-order valence-corrected chi connectivity index (χ0v) is 17.1. The van der Waals surface area contributed by atoms with Gasteiger partial charge >= 0.3 is 5.97 Å². The summed E-state index contributed by atoms with van der Waals surface area (Å²) in [5.74, 6) is -3.09. The molecule has 166 valence electrons. The number of benzene rings is 2. The quantitative estimate of drug-likeness (QED) is 0.490. The minimum Gasteiger partial charge on any atom is -0.481 e. The molecule has 0 heterocycles. The maximum absolute atomic E-state index is 13.2. The lowest BCUT2D eigenvalue weighted by Gasteiger charge is -2.49. The monoisotopic (exact) mass is 452 g/mol. The largest absolute Gasteiger partial charge is 0.481 e. The van der Waals surface area contributed by atoms with Crippen LogP contribution in [0.25, 0.3) is 0 Å². The van der Waals surface area contributed by atoms with E-state index in [1.165, 1.54) is 48.5 Å². The van der Waals surface area contributed by atoms with E-state index < -0.39 is 52.3 Å². The van der Waals surface area contributed by atoms with Crippen molar-refractivity contribution in [3.8, 4) is 11.5 Å². The average Bonchev–Trinajstić information content (AvgIpc) is 2.68. The fourth-order valence-electron chi connectivity index (χ4n) is 3.38. The minimum absolute atomic E-state index is 0.0504. The van der Waals surface area contributed by atoms with Gasteiger partial charge < -0.3 is 20.7 Å². The molecule has 2 unspecified atom stereocenters. The number of carbonyl (C=O) groups excluding carboxylic acids is 1. The van der Waals surface area contributed by atoms with Gasteiger partial charge in [-0.05, 0) is 61.4 Å². The average molecular weight is 452 g/mol. The van der Waals surface area contributed by atoms with Crippen LogP contribution in [0.15, 0.2) is 53.4 Å². The number of carbonyl (C=O) groups is 2. The van der Waals surface area contributed by atoms with Crippen LogP contribution >= 0.6 is 0 Å². The first-order chi connectivity index (χ1) is 14.5. The van der Waals surface area contributed by atoms with Crippen molar-refractivity contribution in [1.82, 2.24) is 4.31 Å². The molecule has 31 heavy (non-hydrogen) atoms. The van der Waals surface area contributed by atoms with Crippen molar-refractivity contribution in [2.24, 2.45) is 11.7 Å². The molecule has 1 aliphatic rings. The normalized spacial score (nSPS) is 20.8. The van der Waals surface area contributed by atoms with Crippen LogP contribution in [0.3, 0.4) is 0 Å². The number of rotatable bonds is 9. The molecule has 2 aromatic rings. The Labute approximate surface area is 177 Å². The molecule has 1 saturated carbocycles. The summed E-state index contributed by atoms with van der Waals surface area (Å²) in [5.41, 5.74) is 3.18. The molecule has 0 spiro atoms. The fraction of sp³-hybridized carbons (Fsp3) is 0.300. The van der Waals surface area contributed by atoms with Crippen LogP contribution in [0.4, 0.5) is 4.39 Å². The Morgan fingerprint density at radius 2 is 1.68 bits per heavy atom. The molecule has 0 bridgehead atoms. The first kappa shape index (κ1) is 22.7. The van der Waals surface area contributed by atoms with E-state index in [1.807, 2.05) is 0 Å². The summed E-state index contributed by atoms with van der Waals surface area (Å²) < 4.78 is 45.5. The molecular formula is C20H21FN2O7S. The molecule has 1 fully saturated rings. The van der Waals surface area contributed by atoms with Crippen molar-refractivity contribution < 1.29 is 37.3 Å². The molecule has 4 N–H and O–H groups in total. The molecule has 0 saturated heterocycles. The second-order valence-corrected chi connectivity index (χ2v) is 8.98. The number of amides is 1. The Kier molecular flexibility index (Phi) is 6.30. The van der Waals surface area contributed by atoms with Gasteiger partial charge in [-0.3, -0.25) is 9.59 Å². The van der Waals surface area contributed by atoms with E-state index in [-0.39, 0.29) is 23.5 Å². The fourth-order valence-corrected chi connectivity index (χ4v) is 5.08. The van der Waals surface area contributed by atoms with Crippen LogP contribution in [0, 0.1) is 11.7 Å². The summed E-state index contributed by atoms with van der Waals surface area (Å²) in [4.78, 5) is 22.4. The molecule has 0 radical (unpaired) electrons. The summed E-state index contributed by atoms with van der Waals surface area (Å²) in [5, 5.41) is 19.9. The van der Waals surface area contributed by atoms with Gasteiger partial charge in [-0.15, -0.1) is 0 Å². The van der Waals surface area contributed by atoms with E-state index in [0.29, 0.717) is 10.1 Å². The molecule has 3 rings (SSSR count). The number of hydrogen-bond acceptors (Lipinski definition) is 6. The van der Waals surface area contributed by atoms with Crippen LogP contribution < -0.4 is 10.5 Å². The van der Waals surface area contributed by atoms with Gasteiger partial charge in [-0.2, -0.15) is 4.31 Å². The maximum Gasteiger partial charge on any atom is 0.304 e. The summed E-state index contributed by atoms with van der Waals surface area (Å²) >= 11 is 0. The zero-order chi connectivity index (χ0) is 22.8. The number of carboxylic acid groups (broad SMARTS) is 1. The van der Waals surface area contributed by atoms with Crippen molar-refractivity contribution in [3.63, 3.8) is 0 Å². The molecule has 0 aliphatic heterocycles. The van der Waals surface area contributed by atoms with Crippen LogP contribution in [0.1, 0.15) is 19.3 Å². The van der Waals surface area contributed by atoms with Crippen LogP contribution in [0.5, 0.6) is 11.5 Å². The number of nitrogens with two attached hydrogens (primary N) is 1. The predicted molar refractivity (Wildman–Crippen MR) is 106 cm³/mol. The smallest absolute Gasteiger partial charge is 0.304 e. The summed E-state index contributed by atoms with van der Waals surface area (Å²) in [7, 11) is -4.37. The van der Waals surface area contributed by atoms with E-state index in [1.54, 1.807) is 0 Å². The third-order valence-electron chi connectivity index (χ3n) is 5.12. The number of halogens is 1. The highest BCUT2D eigenvalue weighted by molar-refractivity contribution is 7.89. The SMILES string of the molecule is NC(=O)C1CCC1(O)N(CCC(=O)O)S(=O)(=O)c1ccc(Oc2ccc(F)cc2)cc1. The van der Waals surface area contributed by atoms with Gasteiger partial charge in [0, 0.05) is 6.54 Å². The Bertz CT molecular complexity index is 1070. The van der Waals surface area contributed by atoms with Crippen LogP contribution in [0.2, 0.25) is 0 Å². The van der Waals surface area contributed by atoms with Gasteiger partial charge in [0.15, 0.2) is 0 Å². The number of ether oxygens (including phenoxy) is 1. The van der Waals surface area contributed by atoms with Crippen molar-refractivity contribution in [1.29, 1.82) is 0 Å².